The van der Waals surface area contributed by atoms with Gasteiger partial charge in [-0.05, 0) is 18.2 Å². The number of carboxylic acid groups (broad SMARTS) is 1. The molecule has 0 fully saturated rings. The standard InChI is InChI=1S/C12H10ClN3O3S/c13-7-1-2-10(9(3-7)11(17)18)16-12(19)15-5-8-4-14-6-20-8/h1-4,6H,5H2,(H,17,18)(H2,15,16,19). The summed E-state index contributed by atoms with van der Waals surface area (Å²) in [6.45, 7) is 0.326. The lowest BCUT2D eigenvalue weighted by Crippen LogP contribution is -2.28. The SMILES string of the molecule is O=C(NCc1cncs1)Nc1ccc(Cl)cc1C(=O)O. The van der Waals surface area contributed by atoms with Crippen molar-refractivity contribution in [3.63, 3.8) is 0 Å². The summed E-state index contributed by atoms with van der Waals surface area (Å²) in [5, 5.41) is 14.4. The highest BCUT2D eigenvalue weighted by Crippen LogP contribution is 2.20. The van der Waals surface area contributed by atoms with Crippen molar-refractivity contribution in [2.45, 2.75) is 6.54 Å². The van der Waals surface area contributed by atoms with Crippen molar-refractivity contribution >= 4 is 40.6 Å². The Labute approximate surface area is 123 Å². The Morgan fingerprint density at radius 3 is 2.85 bits per heavy atom. The minimum atomic E-state index is -1.16. The highest BCUT2D eigenvalue weighted by atomic mass is 35.5. The Bertz CT molecular complexity index is 631. The smallest absolute Gasteiger partial charge is 0.337 e. The second-order valence-electron chi connectivity index (χ2n) is 3.77. The lowest BCUT2D eigenvalue weighted by molar-refractivity contribution is 0.0698. The van der Waals surface area contributed by atoms with Gasteiger partial charge in [-0.2, -0.15) is 0 Å². The normalized spacial score (nSPS) is 10.1. The van der Waals surface area contributed by atoms with Gasteiger partial charge in [-0.1, -0.05) is 11.6 Å². The van der Waals surface area contributed by atoms with Gasteiger partial charge >= 0.3 is 12.0 Å². The average molecular weight is 312 g/mol. The van der Waals surface area contributed by atoms with Crippen molar-refractivity contribution in [3.05, 3.63) is 45.4 Å². The topological polar surface area (TPSA) is 91.3 Å². The quantitative estimate of drug-likeness (QED) is 0.809. The zero-order valence-corrected chi connectivity index (χ0v) is 11.7. The fourth-order valence-corrected chi connectivity index (χ4v) is 2.17. The summed E-state index contributed by atoms with van der Waals surface area (Å²) in [5.41, 5.74) is 1.78. The van der Waals surface area contributed by atoms with Gasteiger partial charge < -0.3 is 15.7 Å². The third-order valence-corrected chi connectivity index (χ3v) is 3.38. The summed E-state index contributed by atoms with van der Waals surface area (Å²) in [6.07, 6.45) is 1.65. The number of aromatic nitrogens is 1. The number of carbonyl (C=O) groups excluding carboxylic acids is 1. The first kappa shape index (κ1) is 14.3. The van der Waals surface area contributed by atoms with E-state index in [1.54, 1.807) is 11.7 Å². The fourth-order valence-electron chi connectivity index (χ4n) is 1.47. The van der Waals surface area contributed by atoms with Gasteiger partial charge in [0.2, 0.25) is 0 Å². The molecular formula is C12H10ClN3O3S. The van der Waals surface area contributed by atoms with Crippen molar-refractivity contribution in [2.24, 2.45) is 0 Å². The summed E-state index contributed by atoms with van der Waals surface area (Å²) in [4.78, 5) is 27.6. The number of thiazole rings is 1. The van der Waals surface area contributed by atoms with E-state index >= 15 is 0 Å². The predicted molar refractivity (Wildman–Crippen MR) is 76.4 cm³/mol. The van der Waals surface area contributed by atoms with E-state index in [1.165, 1.54) is 29.5 Å². The number of amides is 2. The fraction of sp³-hybridized carbons (Fsp3) is 0.0833. The van der Waals surface area contributed by atoms with Crippen LogP contribution in [0.15, 0.2) is 29.9 Å². The maximum absolute atomic E-state index is 11.7. The molecule has 1 heterocycles. The molecule has 0 atom stereocenters. The maximum Gasteiger partial charge on any atom is 0.337 e. The molecule has 3 N–H and O–H groups in total. The Morgan fingerprint density at radius 1 is 1.40 bits per heavy atom. The van der Waals surface area contributed by atoms with Crippen LogP contribution in [0.25, 0.3) is 0 Å². The van der Waals surface area contributed by atoms with Gasteiger partial charge in [0.05, 0.1) is 23.3 Å². The third kappa shape index (κ3) is 3.69. The molecule has 1 aromatic heterocycles. The minimum Gasteiger partial charge on any atom is -0.478 e. The molecule has 2 rings (SSSR count). The molecule has 1 aromatic carbocycles. The van der Waals surface area contributed by atoms with Gasteiger partial charge in [-0.25, -0.2) is 9.59 Å². The van der Waals surface area contributed by atoms with E-state index < -0.39 is 12.0 Å². The molecule has 2 aromatic rings. The number of anilines is 1. The molecule has 0 saturated carbocycles. The largest absolute Gasteiger partial charge is 0.478 e. The number of hydrogen-bond acceptors (Lipinski definition) is 4. The van der Waals surface area contributed by atoms with Crippen LogP contribution in [-0.2, 0) is 6.54 Å². The molecule has 0 aliphatic heterocycles. The van der Waals surface area contributed by atoms with Crippen LogP contribution in [0.1, 0.15) is 15.2 Å². The molecule has 20 heavy (non-hydrogen) atoms. The average Bonchev–Trinajstić information content (AvgIpc) is 2.91. The number of halogens is 1. The van der Waals surface area contributed by atoms with E-state index in [0.29, 0.717) is 6.54 Å². The molecule has 0 aliphatic rings. The Balaban J connectivity index is 2.02. The number of aromatic carboxylic acids is 1. The van der Waals surface area contributed by atoms with E-state index in [1.807, 2.05) is 0 Å². The zero-order chi connectivity index (χ0) is 14.5. The zero-order valence-electron chi connectivity index (χ0n) is 10.1. The van der Waals surface area contributed by atoms with Crippen molar-refractivity contribution in [3.8, 4) is 0 Å². The summed E-state index contributed by atoms with van der Waals surface area (Å²) >= 11 is 7.14. The molecule has 0 aliphatic carbocycles. The van der Waals surface area contributed by atoms with Gasteiger partial charge in [0, 0.05) is 16.1 Å². The van der Waals surface area contributed by atoms with Gasteiger partial charge in [0.15, 0.2) is 0 Å². The summed E-state index contributed by atoms with van der Waals surface area (Å²) < 4.78 is 0. The number of nitrogens with zero attached hydrogens (tertiary/aromatic N) is 1. The molecule has 104 valence electrons. The summed E-state index contributed by atoms with van der Waals surface area (Å²) in [6, 6.07) is 3.73. The van der Waals surface area contributed by atoms with Gasteiger partial charge in [-0.3, -0.25) is 4.98 Å². The molecule has 6 nitrogen and oxygen atoms in total. The molecule has 0 saturated heterocycles. The minimum absolute atomic E-state index is 0.0644. The van der Waals surface area contributed by atoms with Gasteiger partial charge in [0.25, 0.3) is 0 Å². The number of urea groups is 1. The van der Waals surface area contributed by atoms with Crippen molar-refractivity contribution in [1.82, 2.24) is 10.3 Å². The highest BCUT2D eigenvalue weighted by molar-refractivity contribution is 7.09. The second-order valence-corrected chi connectivity index (χ2v) is 5.18. The van der Waals surface area contributed by atoms with Crippen LogP contribution in [-0.4, -0.2) is 22.1 Å². The van der Waals surface area contributed by atoms with E-state index in [-0.39, 0.29) is 16.3 Å². The third-order valence-electron chi connectivity index (χ3n) is 2.37. The van der Waals surface area contributed by atoms with E-state index in [9.17, 15) is 9.59 Å². The maximum atomic E-state index is 11.7. The molecule has 0 bridgehead atoms. The predicted octanol–water partition coefficient (Wildman–Crippen LogP) is 2.82. The highest BCUT2D eigenvalue weighted by Gasteiger charge is 2.13. The lowest BCUT2D eigenvalue weighted by Gasteiger charge is -2.09. The summed E-state index contributed by atoms with van der Waals surface area (Å²) in [7, 11) is 0. The summed E-state index contributed by atoms with van der Waals surface area (Å²) in [5.74, 6) is -1.16. The van der Waals surface area contributed by atoms with E-state index in [2.05, 4.69) is 15.6 Å². The van der Waals surface area contributed by atoms with Crippen LogP contribution < -0.4 is 10.6 Å². The molecular weight excluding hydrogens is 302 g/mol. The van der Waals surface area contributed by atoms with Crippen molar-refractivity contribution in [2.75, 3.05) is 5.32 Å². The first-order chi connectivity index (χ1) is 9.56. The number of nitrogens with one attached hydrogen (secondary N) is 2. The molecule has 0 spiro atoms. The lowest BCUT2D eigenvalue weighted by atomic mass is 10.2. The van der Waals surface area contributed by atoms with Crippen molar-refractivity contribution < 1.29 is 14.7 Å². The van der Waals surface area contributed by atoms with Gasteiger partial charge in [-0.15, -0.1) is 11.3 Å². The van der Waals surface area contributed by atoms with E-state index in [4.69, 9.17) is 16.7 Å². The first-order valence-corrected chi connectivity index (χ1v) is 6.77. The molecule has 8 heteroatoms. The van der Waals surface area contributed by atoms with Crippen LogP contribution in [0.5, 0.6) is 0 Å². The molecule has 0 radical (unpaired) electrons. The number of benzene rings is 1. The second kappa shape index (κ2) is 6.36. The number of rotatable bonds is 4. The van der Waals surface area contributed by atoms with Gasteiger partial charge in [0.1, 0.15) is 0 Å². The first-order valence-electron chi connectivity index (χ1n) is 5.51. The van der Waals surface area contributed by atoms with Crippen LogP contribution >= 0.6 is 22.9 Å². The molecule has 0 unspecified atom stereocenters. The number of carbonyl (C=O) groups is 2. The monoisotopic (exact) mass is 311 g/mol. The number of carboxylic acids is 1. The van der Waals surface area contributed by atoms with Crippen LogP contribution in [0.4, 0.5) is 10.5 Å². The number of hydrogen-bond donors (Lipinski definition) is 3. The van der Waals surface area contributed by atoms with Crippen molar-refractivity contribution in [1.29, 1.82) is 0 Å². The van der Waals surface area contributed by atoms with E-state index in [0.717, 1.165) is 4.88 Å². The van der Waals surface area contributed by atoms with Crippen LogP contribution in [0, 0.1) is 0 Å². The van der Waals surface area contributed by atoms with Crippen LogP contribution in [0.2, 0.25) is 5.02 Å². The van der Waals surface area contributed by atoms with Crippen LogP contribution in [0.3, 0.4) is 0 Å². The Hall–Kier alpha value is -2.12. The Morgan fingerprint density at radius 2 is 2.20 bits per heavy atom. The Kier molecular flexibility index (Phi) is 4.54. The molecule has 2 amide bonds.